The number of rotatable bonds is 4. The molecule has 0 saturated carbocycles. The molecule has 0 bridgehead atoms. The fraction of sp³-hybridized carbons (Fsp3) is 0.292. The summed E-state index contributed by atoms with van der Waals surface area (Å²) in [4.78, 5) is 18.1. The topological polar surface area (TPSA) is 42.2 Å². The van der Waals surface area contributed by atoms with Crippen molar-refractivity contribution in [1.82, 2.24) is 4.98 Å². The number of benzene rings is 2. The van der Waals surface area contributed by atoms with Crippen molar-refractivity contribution in [2.45, 2.75) is 19.8 Å². The van der Waals surface area contributed by atoms with Crippen molar-refractivity contribution in [3.05, 3.63) is 70.9 Å². The van der Waals surface area contributed by atoms with Gasteiger partial charge in [0.15, 0.2) is 0 Å². The largest absolute Gasteiger partial charge is 0.497 e. The molecular formula is C24H24ClN2O2+. The molecule has 29 heavy (non-hydrogen) atoms. The first-order chi connectivity index (χ1) is 14.1. The minimum absolute atomic E-state index is 0.00606. The number of methoxy groups -OCH3 is 1. The number of Topliss-reactive ketones (excluding diaryl/α,β-unsaturated/α-hetero) is 1. The van der Waals surface area contributed by atoms with Gasteiger partial charge >= 0.3 is 0 Å². The SMILES string of the molecule is COc1ccc2nccc(C(C(=O)c3ccc(Cl)cc3)=[N+]3CCC(C)CC3)c2c1. The third-order valence-electron chi connectivity index (χ3n) is 5.63. The summed E-state index contributed by atoms with van der Waals surface area (Å²) in [6.07, 6.45) is 3.92. The van der Waals surface area contributed by atoms with Gasteiger partial charge in [-0.3, -0.25) is 9.78 Å². The first kappa shape index (κ1) is 19.6. The first-order valence-electron chi connectivity index (χ1n) is 9.92. The molecule has 0 atom stereocenters. The molecule has 4 nitrogen and oxygen atoms in total. The summed E-state index contributed by atoms with van der Waals surface area (Å²) in [5.74, 6) is 1.43. The van der Waals surface area contributed by atoms with Crippen molar-refractivity contribution in [2.24, 2.45) is 5.92 Å². The molecule has 1 aromatic heterocycles. The fourth-order valence-electron chi connectivity index (χ4n) is 3.87. The van der Waals surface area contributed by atoms with E-state index in [4.69, 9.17) is 16.3 Å². The monoisotopic (exact) mass is 407 g/mol. The van der Waals surface area contributed by atoms with E-state index in [9.17, 15) is 4.79 Å². The minimum atomic E-state index is 0.00606. The van der Waals surface area contributed by atoms with Gasteiger partial charge in [-0.2, -0.15) is 0 Å². The number of piperidine rings is 1. The summed E-state index contributed by atoms with van der Waals surface area (Å²) in [5, 5.41) is 1.54. The van der Waals surface area contributed by atoms with Crippen molar-refractivity contribution in [3.63, 3.8) is 0 Å². The summed E-state index contributed by atoms with van der Waals surface area (Å²) < 4.78 is 7.65. The Bertz CT molecular complexity index is 1080. The predicted octanol–water partition coefficient (Wildman–Crippen LogP) is 5.01. The number of fused-ring (bicyclic) bond motifs is 1. The van der Waals surface area contributed by atoms with Gasteiger partial charge in [-0.25, -0.2) is 4.58 Å². The lowest BCUT2D eigenvalue weighted by Crippen LogP contribution is -2.35. The second kappa shape index (κ2) is 8.34. The Labute approximate surface area is 175 Å². The van der Waals surface area contributed by atoms with Crippen LogP contribution in [0.25, 0.3) is 10.9 Å². The van der Waals surface area contributed by atoms with Crippen LogP contribution < -0.4 is 4.74 Å². The van der Waals surface area contributed by atoms with Crippen LogP contribution in [0.1, 0.15) is 35.7 Å². The zero-order valence-corrected chi connectivity index (χ0v) is 17.4. The smallest absolute Gasteiger partial charge is 0.256 e. The zero-order valence-electron chi connectivity index (χ0n) is 16.7. The van der Waals surface area contributed by atoms with Crippen LogP contribution in [0.15, 0.2) is 54.7 Å². The van der Waals surface area contributed by atoms with Gasteiger partial charge in [0, 0.05) is 35.0 Å². The lowest BCUT2D eigenvalue weighted by Gasteiger charge is -2.19. The highest BCUT2D eigenvalue weighted by Crippen LogP contribution is 2.25. The number of halogens is 1. The van der Waals surface area contributed by atoms with Crippen LogP contribution in [0.4, 0.5) is 0 Å². The van der Waals surface area contributed by atoms with E-state index in [1.807, 2.05) is 24.3 Å². The molecule has 1 aliphatic rings. The second-order valence-corrected chi connectivity index (χ2v) is 8.03. The summed E-state index contributed by atoms with van der Waals surface area (Å²) in [5.41, 5.74) is 3.09. The summed E-state index contributed by atoms with van der Waals surface area (Å²) in [6.45, 7) is 4.00. The van der Waals surface area contributed by atoms with Gasteiger partial charge in [-0.15, -0.1) is 0 Å². The van der Waals surface area contributed by atoms with E-state index in [1.54, 1.807) is 37.6 Å². The van der Waals surface area contributed by atoms with Crippen molar-refractivity contribution < 1.29 is 14.1 Å². The van der Waals surface area contributed by atoms with E-state index in [0.717, 1.165) is 53.9 Å². The van der Waals surface area contributed by atoms with Crippen LogP contribution in [0.3, 0.4) is 0 Å². The summed E-state index contributed by atoms with van der Waals surface area (Å²) in [6, 6.07) is 14.8. The Morgan fingerprint density at radius 1 is 1.10 bits per heavy atom. The Morgan fingerprint density at radius 2 is 1.83 bits per heavy atom. The molecule has 1 fully saturated rings. The van der Waals surface area contributed by atoms with Crippen molar-refractivity contribution in [2.75, 3.05) is 20.2 Å². The molecular weight excluding hydrogens is 384 g/mol. The zero-order chi connectivity index (χ0) is 20.4. The molecule has 1 saturated heterocycles. The quantitative estimate of drug-likeness (QED) is 0.451. The van der Waals surface area contributed by atoms with E-state index in [0.29, 0.717) is 16.5 Å². The maximum Gasteiger partial charge on any atom is 0.256 e. The molecule has 0 amide bonds. The van der Waals surface area contributed by atoms with Crippen molar-refractivity contribution in [3.8, 4) is 5.75 Å². The maximum atomic E-state index is 13.7. The van der Waals surface area contributed by atoms with Gasteiger partial charge < -0.3 is 4.74 Å². The minimum Gasteiger partial charge on any atom is -0.497 e. The number of ketones is 1. The highest BCUT2D eigenvalue weighted by molar-refractivity contribution is 6.51. The van der Waals surface area contributed by atoms with Crippen molar-refractivity contribution in [1.29, 1.82) is 0 Å². The number of hydrogen-bond donors (Lipinski definition) is 0. The number of pyridine rings is 1. The molecule has 0 N–H and O–H groups in total. The van der Waals surface area contributed by atoms with E-state index < -0.39 is 0 Å². The van der Waals surface area contributed by atoms with Crippen LogP contribution in [0.5, 0.6) is 5.75 Å². The summed E-state index contributed by atoms with van der Waals surface area (Å²) >= 11 is 6.04. The van der Waals surface area contributed by atoms with Gasteiger partial charge in [-0.1, -0.05) is 18.5 Å². The number of carbonyl (C=O) groups is 1. The average Bonchev–Trinajstić information content (AvgIpc) is 2.75. The number of carbonyl (C=O) groups excluding carboxylic acids is 1. The Morgan fingerprint density at radius 3 is 2.52 bits per heavy atom. The molecule has 2 aromatic carbocycles. The number of hydrogen-bond acceptors (Lipinski definition) is 3. The van der Waals surface area contributed by atoms with Crippen LogP contribution in [0, 0.1) is 5.92 Å². The van der Waals surface area contributed by atoms with Crippen LogP contribution >= 0.6 is 11.6 Å². The van der Waals surface area contributed by atoms with E-state index in [2.05, 4.69) is 16.5 Å². The molecule has 0 radical (unpaired) electrons. The van der Waals surface area contributed by atoms with Gasteiger partial charge in [0.05, 0.1) is 18.2 Å². The molecule has 4 rings (SSSR count). The molecule has 5 heteroatoms. The third kappa shape index (κ3) is 4.03. The molecule has 1 aliphatic heterocycles. The number of nitrogens with zero attached hydrogens (tertiary/aromatic N) is 2. The third-order valence-corrected chi connectivity index (χ3v) is 5.88. The van der Waals surface area contributed by atoms with Gasteiger partial charge in [0.2, 0.25) is 0 Å². The lowest BCUT2D eigenvalue weighted by atomic mass is 9.94. The predicted molar refractivity (Wildman–Crippen MR) is 117 cm³/mol. The second-order valence-electron chi connectivity index (χ2n) is 7.60. The van der Waals surface area contributed by atoms with Crippen LogP contribution in [0.2, 0.25) is 5.02 Å². The van der Waals surface area contributed by atoms with E-state index >= 15 is 0 Å². The molecule has 148 valence electrons. The highest BCUT2D eigenvalue weighted by Gasteiger charge is 2.31. The van der Waals surface area contributed by atoms with Crippen LogP contribution in [-0.4, -0.2) is 41.3 Å². The molecule has 0 spiro atoms. The molecule has 2 heterocycles. The average molecular weight is 408 g/mol. The van der Waals surface area contributed by atoms with Crippen LogP contribution in [-0.2, 0) is 0 Å². The maximum absolute atomic E-state index is 13.7. The molecule has 3 aromatic rings. The highest BCUT2D eigenvalue weighted by atomic mass is 35.5. The standard InChI is InChI=1S/C24H24ClN2O2/c1-16-10-13-27(14-11-16)23(24(28)17-3-5-18(25)6-4-17)20-9-12-26-22-8-7-19(29-2)15-21(20)22/h3-9,12,15-16H,10-11,13-14H2,1-2H3/q+1. The normalized spacial score (nSPS) is 16.7. The van der Waals surface area contributed by atoms with Gasteiger partial charge in [0.1, 0.15) is 18.8 Å². The molecule has 0 aliphatic carbocycles. The summed E-state index contributed by atoms with van der Waals surface area (Å²) in [7, 11) is 1.65. The first-order valence-corrected chi connectivity index (χ1v) is 10.3. The fourth-order valence-corrected chi connectivity index (χ4v) is 3.99. The molecule has 0 unspecified atom stereocenters. The van der Waals surface area contributed by atoms with Gasteiger partial charge in [-0.05, 0) is 54.4 Å². The number of aromatic nitrogens is 1. The Hall–Kier alpha value is -2.72. The van der Waals surface area contributed by atoms with E-state index in [1.165, 1.54) is 0 Å². The lowest BCUT2D eigenvalue weighted by molar-refractivity contribution is -0.538. The Kier molecular flexibility index (Phi) is 5.63. The van der Waals surface area contributed by atoms with Gasteiger partial charge in [0.25, 0.3) is 11.5 Å². The van der Waals surface area contributed by atoms with Crippen molar-refractivity contribution >= 4 is 34.0 Å². The Balaban J connectivity index is 1.92. The van der Waals surface area contributed by atoms with E-state index in [-0.39, 0.29) is 5.78 Å². The number of ether oxygens (including phenoxy) is 1.